The van der Waals surface area contributed by atoms with Gasteiger partial charge in [-0.25, -0.2) is 4.72 Å². The summed E-state index contributed by atoms with van der Waals surface area (Å²) < 4.78 is 26.6. The fourth-order valence-electron chi connectivity index (χ4n) is 0.935. The van der Waals surface area contributed by atoms with Gasteiger partial charge in [0.1, 0.15) is 6.54 Å². The third-order valence-corrected chi connectivity index (χ3v) is 3.15. The molecule has 0 aromatic heterocycles. The van der Waals surface area contributed by atoms with E-state index < -0.39 is 10.2 Å². The molecule has 0 atom stereocenters. The largest absolute Gasteiger partial charge is 0.280 e. The molecule has 0 aromatic carbocycles. The molecular formula is C8H17N3O2S. The topological polar surface area (TPSA) is 73.2 Å². The first kappa shape index (κ1) is 13.4. The number of hydrogen-bond donors (Lipinski definition) is 1. The Balaban J connectivity index is 4.39. The van der Waals surface area contributed by atoms with Crippen LogP contribution in [0.25, 0.3) is 0 Å². The first-order valence-electron chi connectivity index (χ1n) is 4.70. The van der Waals surface area contributed by atoms with Crippen LogP contribution in [-0.4, -0.2) is 32.4 Å². The summed E-state index contributed by atoms with van der Waals surface area (Å²) >= 11 is 0. The molecule has 1 N–H and O–H groups in total. The Hall–Kier alpha value is -0.640. The molecule has 14 heavy (non-hydrogen) atoms. The number of nitrogens with one attached hydrogen (secondary N) is 1. The second-order valence-electron chi connectivity index (χ2n) is 2.89. The summed E-state index contributed by atoms with van der Waals surface area (Å²) in [5.74, 6) is 0. The van der Waals surface area contributed by atoms with E-state index in [0.29, 0.717) is 19.5 Å². The summed E-state index contributed by atoms with van der Waals surface area (Å²) in [4.78, 5) is 0. The Kier molecular flexibility index (Phi) is 6.45. The molecule has 0 aliphatic carbocycles. The molecule has 0 aliphatic rings. The van der Waals surface area contributed by atoms with E-state index in [2.05, 4.69) is 4.72 Å². The van der Waals surface area contributed by atoms with E-state index in [-0.39, 0.29) is 6.54 Å². The zero-order chi connectivity index (χ0) is 11.0. The average Bonchev–Trinajstić information content (AvgIpc) is 2.14. The van der Waals surface area contributed by atoms with Gasteiger partial charge in [0.2, 0.25) is 0 Å². The molecule has 0 fully saturated rings. The zero-order valence-electron chi connectivity index (χ0n) is 8.65. The van der Waals surface area contributed by atoms with Crippen molar-refractivity contribution in [3.05, 3.63) is 0 Å². The molecule has 5 nitrogen and oxygen atoms in total. The zero-order valence-corrected chi connectivity index (χ0v) is 9.47. The molecule has 0 aromatic rings. The van der Waals surface area contributed by atoms with E-state index in [1.807, 2.05) is 19.9 Å². The van der Waals surface area contributed by atoms with Gasteiger partial charge in [0, 0.05) is 13.1 Å². The highest BCUT2D eigenvalue weighted by atomic mass is 32.2. The van der Waals surface area contributed by atoms with Crippen LogP contribution in [-0.2, 0) is 10.2 Å². The minimum atomic E-state index is -3.45. The van der Waals surface area contributed by atoms with Crippen LogP contribution in [0.3, 0.4) is 0 Å². The van der Waals surface area contributed by atoms with E-state index in [1.54, 1.807) is 0 Å². The monoisotopic (exact) mass is 219 g/mol. The maximum atomic E-state index is 11.5. The van der Waals surface area contributed by atoms with Gasteiger partial charge in [0.05, 0.1) is 6.07 Å². The maximum Gasteiger partial charge on any atom is 0.280 e. The van der Waals surface area contributed by atoms with Crippen molar-refractivity contribution in [2.24, 2.45) is 0 Å². The SMILES string of the molecule is CCCNS(=O)(=O)N(CC#N)CCC. The first-order chi connectivity index (χ1) is 6.58. The van der Waals surface area contributed by atoms with Crippen molar-refractivity contribution in [1.29, 1.82) is 5.26 Å². The third kappa shape index (κ3) is 4.56. The fourth-order valence-corrected chi connectivity index (χ4v) is 2.23. The van der Waals surface area contributed by atoms with Crippen LogP contribution < -0.4 is 4.72 Å². The average molecular weight is 219 g/mol. The summed E-state index contributed by atoms with van der Waals surface area (Å²) in [7, 11) is -3.45. The summed E-state index contributed by atoms with van der Waals surface area (Å²) in [6, 6.07) is 1.84. The van der Waals surface area contributed by atoms with Crippen LogP contribution in [0.4, 0.5) is 0 Å². The Morgan fingerprint density at radius 2 is 2.00 bits per heavy atom. The van der Waals surface area contributed by atoms with Crippen molar-refractivity contribution in [3.63, 3.8) is 0 Å². The van der Waals surface area contributed by atoms with E-state index >= 15 is 0 Å². The lowest BCUT2D eigenvalue weighted by Crippen LogP contribution is -2.41. The van der Waals surface area contributed by atoms with E-state index in [4.69, 9.17) is 5.26 Å². The van der Waals surface area contributed by atoms with Crippen molar-refractivity contribution in [2.45, 2.75) is 26.7 Å². The molecule has 0 rings (SSSR count). The van der Waals surface area contributed by atoms with E-state index in [0.717, 1.165) is 10.7 Å². The normalized spacial score (nSPS) is 11.6. The molecule has 0 saturated carbocycles. The van der Waals surface area contributed by atoms with Crippen molar-refractivity contribution in [2.75, 3.05) is 19.6 Å². The molecule has 0 amide bonds. The van der Waals surface area contributed by atoms with Crippen LogP contribution >= 0.6 is 0 Å². The predicted octanol–water partition coefficient (Wildman–Crippen LogP) is 0.466. The van der Waals surface area contributed by atoms with Crippen molar-refractivity contribution in [3.8, 4) is 6.07 Å². The van der Waals surface area contributed by atoms with Crippen molar-refractivity contribution < 1.29 is 8.42 Å². The lowest BCUT2D eigenvalue weighted by molar-refractivity contribution is 0.434. The molecule has 6 heteroatoms. The molecule has 0 heterocycles. The Labute approximate surface area is 85.9 Å². The molecule has 0 aliphatic heterocycles. The third-order valence-electron chi connectivity index (χ3n) is 1.59. The molecule has 0 radical (unpaired) electrons. The summed E-state index contributed by atoms with van der Waals surface area (Å²) in [6.07, 6.45) is 1.44. The second kappa shape index (κ2) is 6.76. The Morgan fingerprint density at radius 1 is 1.36 bits per heavy atom. The highest BCUT2D eigenvalue weighted by Crippen LogP contribution is 1.98. The number of nitrogens with zero attached hydrogens (tertiary/aromatic N) is 2. The number of nitriles is 1. The smallest absolute Gasteiger partial charge is 0.202 e. The highest BCUT2D eigenvalue weighted by molar-refractivity contribution is 7.87. The maximum absolute atomic E-state index is 11.5. The van der Waals surface area contributed by atoms with Gasteiger partial charge in [0.15, 0.2) is 0 Å². The van der Waals surface area contributed by atoms with E-state index in [9.17, 15) is 8.42 Å². The second-order valence-corrected chi connectivity index (χ2v) is 4.65. The van der Waals surface area contributed by atoms with Gasteiger partial charge in [-0.15, -0.1) is 0 Å². The molecule has 0 spiro atoms. The summed E-state index contributed by atoms with van der Waals surface area (Å²) in [5.41, 5.74) is 0. The Morgan fingerprint density at radius 3 is 2.43 bits per heavy atom. The molecule has 82 valence electrons. The summed E-state index contributed by atoms with van der Waals surface area (Å²) in [5, 5.41) is 8.47. The highest BCUT2D eigenvalue weighted by Gasteiger charge is 2.19. The van der Waals surface area contributed by atoms with Crippen LogP contribution in [0.5, 0.6) is 0 Å². The minimum Gasteiger partial charge on any atom is -0.202 e. The van der Waals surface area contributed by atoms with Gasteiger partial charge in [0.25, 0.3) is 10.2 Å². The van der Waals surface area contributed by atoms with Crippen molar-refractivity contribution in [1.82, 2.24) is 9.03 Å². The predicted molar refractivity (Wildman–Crippen MR) is 54.7 cm³/mol. The van der Waals surface area contributed by atoms with Gasteiger partial charge < -0.3 is 0 Å². The quantitative estimate of drug-likeness (QED) is 0.632. The van der Waals surface area contributed by atoms with E-state index in [1.165, 1.54) is 0 Å². The molecule has 0 unspecified atom stereocenters. The van der Waals surface area contributed by atoms with Crippen LogP contribution in [0.2, 0.25) is 0 Å². The molecular weight excluding hydrogens is 202 g/mol. The van der Waals surface area contributed by atoms with Gasteiger partial charge in [-0.3, -0.25) is 0 Å². The standard InChI is InChI=1S/C8H17N3O2S/c1-3-6-10-14(12,13)11(7-4-2)8-5-9/h10H,3-4,6-8H2,1-2H3. The van der Waals surface area contributed by atoms with Crippen LogP contribution in [0.1, 0.15) is 26.7 Å². The molecule has 0 bridgehead atoms. The molecule has 0 saturated heterocycles. The van der Waals surface area contributed by atoms with Crippen molar-refractivity contribution >= 4 is 10.2 Å². The van der Waals surface area contributed by atoms with Crippen LogP contribution in [0, 0.1) is 11.3 Å². The fraction of sp³-hybridized carbons (Fsp3) is 0.875. The number of hydrogen-bond acceptors (Lipinski definition) is 3. The lowest BCUT2D eigenvalue weighted by atomic mass is 10.5. The number of rotatable bonds is 7. The van der Waals surface area contributed by atoms with Crippen LogP contribution in [0.15, 0.2) is 0 Å². The minimum absolute atomic E-state index is 0.0904. The first-order valence-corrected chi connectivity index (χ1v) is 6.14. The lowest BCUT2D eigenvalue weighted by Gasteiger charge is -2.18. The van der Waals surface area contributed by atoms with Gasteiger partial charge in [-0.1, -0.05) is 13.8 Å². The van der Waals surface area contributed by atoms with Gasteiger partial charge in [-0.05, 0) is 12.8 Å². The Bertz CT molecular complexity index is 281. The van der Waals surface area contributed by atoms with Gasteiger partial charge in [-0.2, -0.15) is 18.0 Å². The summed E-state index contributed by atoms with van der Waals surface area (Å²) in [6.45, 7) is 4.46. The van der Waals surface area contributed by atoms with Gasteiger partial charge >= 0.3 is 0 Å².